The van der Waals surface area contributed by atoms with Crippen LogP contribution in [0.2, 0.25) is 0 Å². The average molecular weight is 268 g/mol. The number of carbonyl (C=O) groups excluding carboxylic acids is 1. The quantitative estimate of drug-likeness (QED) is 0.853. The smallest absolute Gasteiger partial charge is 0.249 e. The molecule has 0 atom stereocenters. The Hall–Kier alpha value is -2.43. The maximum atomic E-state index is 12.1. The molecular formula is C15H16N4O. The number of benzene rings is 1. The van der Waals surface area contributed by atoms with E-state index in [2.05, 4.69) is 10.2 Å². The predicted molar refractivity (Wildman–Crippen MR) is 76.1 cm³/mol. The predicted octanol–water partition coefficient (Wildman–Crippen LogP) is 1.87. The Morgan fingerprint density at radius 1 is 1.30 bits per heavy atom. The van der Waals surface area contributed by atoms with E-state index in [1.807, 2.05) is 44.4 Å². The van der Waals surface area contributed by atoms with Crippen LogP contribution in [0, 0.1) is 6.92 Å². The van der Waals surface area contributed by atoms with Gasteiger partial charge in [0.05, 0.1) is 24.9 Å². The van der Waals surface area contributed by atoms with E-state index in [1.54, 1.807) is 15.9 Å². The number of hydrogen-bond donors (Lipinski definition) is 0. The van der Waals surface area contributed by atoms with Crippen LogP contribution in [0.5, 0.6) is 0 Å². The zero-order chi connectivity index (χ0) is 14.1. The van der Waals surface area contributed by atoms with Crippen LogP contribution in [0.15, 0.2) is 41.8 Å². The first-order valence-electron chi connectivity index (χ1n) is 6.55. The lowest BCUT2D eigenvalue weighted by Gasteiger charge is -2.13. The maximum Gasteiger partial charge on any atom is 0.249 e. The normalized spacial score (nSPS) is 14.8. The fourth-order valence-electron chi connectivity index (χ4n) is 2.27. The Morgan fingerprint density at radius 2 is 2.10 bits per heavy atom. The summed E-state index contributed by atoms with van der Waals surface area (Å²) in [6.45, 7) is 2.57. The minimum absolute atomic E-state index is 0.0344. The topological polar surface area (TPSA) is 50.5 Å². The zero-order valence-corrected chi connectivity index (χ0v) is 11.6. The van der Waals surface area contributed by atoms with Gasteiger partial charge in [0.2, 0.25) is 5.91 Å². The second-order valence-electron chi connectivity index (χ2n) is 5.00. The Morgan fingerprint density at radius 3 is 2.80 bits per heavy atom. The third-order valence-corrected chi connectivity index (χ3v) is 3.47. The second kappa shape index (κ2) is 4.92. The SMILES string of the molecule is Cc1ccccc1CN1N=C(c2cnn(C)c2)CC1=O. The summed E-state index contributed by atoms with van der Waals surface area (Å²) in [5, 5.41) is 10.1. The molecule has 0 radical (unpaired) electrons. The largest absolute Gasteiger partial charge is 0.275 e. The van der Waals surface area contributed by atoms with Crippen LogP contribution in [0.1, 0.15) is 23.1 Å². The number of rotatable bonds is 3. The lowest BCUT2D eigenvalue weighted by atomic mass is 10.1. The van der Waals surface area contributed by atoms with Crippen LogP contribution in [0.25, 0.3) is 0 Å². The molecule has 2 heterocycles. The van der Waals surface area contributed by atoms with E-state index in [9.17, 15) is 4.79 Å². The molecule has 0 saturated carbocycles. The molecule has 1 aromatic heterocycles. The molecular weight excluding hydrogens is 252 g/mol. The highest BCUT2D eigenvalue weighted by molar-refractivity contribution is 6.13. The lowest BCUT2D eigenvalue weighted by Crippen LogP contribution is -2.20. The molecule has 0 unspecified atom stereocenters. The van der Waals surface area contributed by atoms with Gasteiger partial charge < -0.3 is 0 Å². The van der Waals surface area contributed by atoms with Gasteiger partial charge in [-0.1, -0.05) is 24.3 Å². The molecule has 1 aromatic carbocycles. The molecule has 1 aliphatic rings. The van der Waals surface area contributed by atoms with Gasteiger partial charge in [-0.25, -0.2) is 5.01 Å². The van der Waals surface area contributed by atoms with Crippen molar-refractivity contribution in [2.75, 3.05) is 0 Å². The number of hydrazone groups is 1. The van der Waals surface area contributed by atoms with Crippen LogP contribution in [0.4, 0.5) is 0 Å². The number of hydrogen-bond acceptors (Lipinski definition) is 3. The summed E-state index contributed by atoms with van der Waals surface area (Å²) in [4.78, 5) is 12.1. The Bertz CT molecular complexity index is 687. The number of amides is 1. The van der Waals surface area contributed by atoms with Crippen LogP contribution >= 0.6 is 0 Å². The second-order valence-corrected chi connectivity index (χ2v) is 5.00. The number of aryl methyl sites for hydroxylation is 2. The highest BCUT2D eigenvalue weighted by Crippen LogP contribution is 2.18. The molecule has 1 aliphatic heterocycles. The fraction of sp³-hybridized carbons (Fsp3) is 0.267. The van der Waals surface area contributed by atoms with Crippen molar-refractivity contribution in [1.82, 2.24) is 14.8 Å². The van der Waals surface area contributed by atoms with E-state index < -0.39 is 0 Å². The van der Waals surface area contributed by atoms with Gasteiger partial charge >= 0.3 is 0 Å². The van der Waals surface area contributed by atoms with Crippen LogP contribution < -0.4 is 0 Å². The molecule has 0 N–H and O–H groups in total. The molecule has 5 nitrogen and oxygen atoms in total. The molecule has 0 bridgehead atoms. The first kappa shape index (κ1) is 12.6. The van der Waals surface area contributed by atoms with Gasteiger partial charge in [-0.3, -0.25) is 9.48 Å². The molecule has 0 saturated heterocycles. The third-order valence-electron chi connectivity index (χ3n) is 3.47. The van der Waals surface area contributed by atoms with E-state index in [1.165, 1.54) is 5.56 Å². The monoisotopic (exact) mass is 268 g/mol. The van der Waals surface area contributed by atoms with Crippen molar-refractivity contribution in [2.45, 2.75) is 19.9 Å². The van der Waals surface area contributed by atoms with Crippen molar-refractivity contribution in [3.63, 3.8) is 0 Å². The van der Waals surface area contributed by atoms with E-state index in [0.717, 1.165) is 16.8 Å². The molecule has 0 fully saturated rings. The standard InChI is InChI=1S/C15H16N4O/c1-11-5-3-4-6-12(11)10-19-15(20)7-14(17-19)13-8-16-18(2)9-13/h3-6,8-9H,7,10H2,1-2H3. The van der Waals surface area contributed by atoms with E-state index >= 15 is 0 Å². The molecule has 2 aromatic rings. The third kappa shape index (κ3) is 2.34. The van der Waals surface area contributed by atoms with Crippen molar-refractivity contribution in [1.29, 1.82) is 0 Å². The summed E-state index contributed by atoms with van der Waals surface area (Å²) in [6, 6.07) is 8.05. The van der Waals surface area contributed by atoms with Crippen molar-refractivity contribution >= 4 is 11.6 Å². The first-order valence-corrected chi connectivity index (χ1v) is 6.55. The molecule has 5 heteroatoms. The van der Waals surface area contributed by atoms with Crippen LogP contribution in [-0.4, -0.2) is 26.4 Å². The van der Waals surface area contributed by atoms with Crippen molar-refractivity contribution < 1.29 is 4.79 Å². The summed E-state index contributed by atoms with van der Waals surface area (Å²) in [7, 11) is 1.85. The summed E-state index contributed by atoms with van der Waals surface area (Å²) in [5.41, 5.74) is 3.99. The minimum atomic E-state index is 0.0344. The van der Waals surface area contributed by atoms with Gasteiger partial charge in [-0.15, -0.1) is 0 Å². The fourth-order valence-corrected chi connectivity index (χ4v) is 2.27. The van der Waals surface area contributed by atoms with Crippen molar-refractivity contribution in [2.24, 2.45) is 12.1 Å². The van der Waals surface area contributed by atoms with Crippen LogP contribution in [-0.2, 0) is 18.4 Å². The van der Waals surface area contributed by atoms with Gasteiger partial charge in [0.25, 0.3) is 0 Å². The molecule has 0 aliphatic carbocycles. The van der Waals surface area contributed by atoms with E-state index in [0.29, 0.717) is 13.0 Å². The molecule has 3 rings (SSSR count). The van der Waals surface area contributed by atoms with E-state index in [-0.39, 0.29) is 5.91 Å². The Kier molecular flexibility index (Phi) is 3.10. The first-order chi connectivity index (χ1) is 9.63. The van der Waals surface area contributed by atoms with Gasteiger partial charge in [0.1, 0.15) is 0 Å². The van der Waals surface area contributed by atoms with Gasteiger partial charge in [0, 0.05) is 18.8 Å². The van der Waals surface area contributed by atoms with Crippen molar-refractivity contribution in [3.05, 3.63) is 53.3 Å². The highest BCUT2D eigenvalue weighted by atomic mass is 16.2. The molecule has 20 heavy (non-hydrogen) atoms. The molecule has 102 valence electrons. The van der Waals surface area contributed by atoms with Crippen molar-refractivity contribution in [3.8, 4) is 0 Å². The molecule has 1 amide bonds. The van der Waals surface area contributed by atoms with Crippen LogP contribution in [0.3, 0.4) is 0 Å². The lowest BCUT2D eigenvalue weighted by molar-refractivity contribution is -0.129. The van der Waals surface area contributed by atoms with Gasteiger partial charge in [0.15, 0.2) is 0 Å². The number of carbonyl (C=O) groups is 1. The summed E-state index contributed by atoms with van der Waals surface area (Å²) in [5.74, 6) is 0.0344. The summed E-state index contributed by atoms with van der Waals surface area (Å²) >= 11 is 0. The number of nitrogens with zero attached hydrogens (tertiary/aromatic N) is 4. The minimum Gasteiger partial charge on any atom is -0.275 e. The Labute approximate surface area is 117 Å². The Balaban J connectivity index is 1.82. The number of aromatic nitrogens is 2. The highest BCUT2D eigenvalue weighted by Gasteiger charge is 2.25. The zero-order valence-electron chi connectivity index (χ0n) is 11.6. The summed E-state index contributed by atoms with van der Waals surface area (Å²) < 4.78 is 1.71. The average Bonchev–Trinajstić information content (AvgIpc) is 2.99. The molecule has 0 spiro atoms. The van der Waals surface area contributed by atoms with E-state index in [4.69, 9.17) is 0 Å². The summed E-state index contributed by atoms with van der Waals surface area (Å²) in [6.07, 6.45) is 3.96. The van der Waals surface area contributed by atoms with Gasteiger partial charge in [-0.2, -0.15) is 10.2 Å². The maximum absolute atomic E-state index is 12.1. The van der Waals surface area contributed by atoms with Gasteiger partial charge in [-0.05, 0) is 18.1 Å².